The Morgan fingerprint density at radius 2 is 2.21 bits per heavy atom. The fourth-order valence-corrected chi connectivity index (χ4v) is 2.41. The van der Waals surface area contributed by atoms with Crippen molar-refractivity contribution in [2.45, 2.75) is 18.9 Å². The summed E-state index contributed by atoms with van der Waals surface area (Å²) in [5, 5.41) is 13.6. The summed E-state index contributed by atoms with van der Waals surface area (Å²) in [6.45, 7) is 0.381. The van der Waals surface area contributed by atoms with Crippen LogP contribution in [-0.4, -0.2) is 23.4 Å². The number of carbonyl (C=O) groups excluding carboxylic acids is 1. The van der Waals surface area contributed by atoms with E-state index in [4.69, 9.17) is 5.73 Å². The SMILES string of the molecule is NCC(NC(=O)c1cc(Br)cc([N+](=O)[O-])c1)C1CC1. The van der Waals surface area contributed by atoms with Gasteiger partial charge in [-0.3, -0.25) is 14.9 Å². The van der Waals surface area contributed by atoms with Gasteiger partial charge in [-0.25, -0.2) is 0 Å². The number of nitrogens with two attached hydrogens (primary N) is 1. The highest BCUT2D eigenvalue weighted by Crippen LogP contribution is 2.32. The molecule has 1 aromatic rings. The molecule has 0 saturated heterocycles. The number of benzene rings is 1. The molecular weight excluding hydrogens is 314 g/mol. The Hall–Kier alpha value is -1.47. The zero-order chi connectivity index (χ0) is 14.0. The molecule has 2 rings (SSSR count). The first-order valence-electron chi connectivity index (χ1n) is 5.97. The molecule has 1 unspecified atom stereocenters. The summed E-state index contributed by atoms with van der Waals surface area (Å²) in [5.41, 5.74) is 5.76. The Morgan fingerprint density at radius 3 is 2.74 bits per heavy atom. The first-order chi connectivity index (χ1) is 9.01. The molecule has 0 spiro atoms. The number of nitrogens with one attached hydrogen (secondary N) is 1. The number of nitro groups is 1. The van der Waals surface area contributed by atoms with Gasteiger partial charge in [0.25, 0.3) is 11.6 Å². The van der Waals surface area contributed by atoms with E-state index in [0.717, 1.165) is 12.8 Å². The molecule has 1 aromatic carbocycles. The van der Waals surface area contributed by atoms with Crippen LogP contribution < -0.4 is 11.1 Å². The molecule has 1 aliphatic carbocycles. The second-order valence-corrected chi connectivity index (χ2v) is 5.52. The lowest BCUT2D eigenvalue weighted by atomic mass is 10.1. The minimum absolute atomic E-state index is 0.0504. The largest absolute Gasteiger partial charge is 0.348 e. The molecule has 102 valence electrons. The quantitative estimate of drug-likeness (QED) is 0.636. The Balaban J connectivity index is 2.15. The van der Waals surface area contributed by atoms with E-state index >= 15 is 0 Å². The lowest BCUT2D eigenvalue weighted by Crippen LogP contribution is -2.41. The summed E-state index contributed by atoms with van der Waals surface area (Å²) in [5.74, 6) is 0.114. The summed E-state index contributed by atoms with van der Waals surface area (Å²) in [6, 6.07) is 4.13. The van der Waals surface area contributed by atoms with Crippen LogP contribution in [0.3, 0.4) is 0 Å². The van der Waals surface area contributed by atoms with E-state index in [0.29, 0.717) is 16.9 Å². The minimum Gasteiger partial charge on any atom is -0.348 e. The highest BCUT2D eigenvalue weighted by molar-refractivity contribution is 9.10. The van der Waals surface area contributed by atoms with Crippen LogP contribution in [0.2, 0.25) is 0 Å². The number of nitro benzene ring substituents is 1. The van der Waals surface area contributed by atoms with Gasteiger partial charge in [0, 0.05) is 34.8 Å². The Kier molecular flexibility index (Phi) is 4.16. The van der Waals surface area contributed by atoms with Gasteiger partial charge in [0.1, 0.15) is 0 Å². The third-order valence-electron chi connectivity index (χ3n) is 3.12. The molecule has 7 heteroatoms. The van der Waals surface area contributed by atoms with E-state index in [1.54, 1.807) is 6.07 Å². The van der Waals surface area contributed by atoms with Crippen molar-refractivity contribution in [1.82, 2.24) is 5.32 Å². The number of halogens is 1. The maximum Gasteiger partial charge on any atom is 0.271 e. The van der Waals surface area contributed by atoms with Crippen LogP contribution in [0.1, 0.15) is 23.2 Å². The minimum atomic E-state index is -0.525. The van der Waals surface area contributed by atoms with Crippen LogP contribution in [-0.2, 0) is 0 Å². The Labute approximate surface area is 118 Å². The zero-order valence-electron chi connectivity index (χ0n) is 10.1. The molecule has 0 heterocycles. The van der Waals surface area contributed by atoms with Gasteiger partial charge >= 0.3 is 0 Å². The van der Waals surface area contributed by atoms with Crippen molar-refractivity contribution >= 4 is 27.5 Å². The second-order valence-electron chi connectivity index (χ2n) is 4.61. The number of hydrogen-bond donors (Lipinski definition) is 2. The number of non-ortho nitro benzene ring substituents is 1. The van der Waals surface area contributed by atoms with Gasteiger partial charge in [-0.15, -0.1) is 0 Å². The molecule has 0 aromatic heterocycles. The van der Waals surface area contributed by atoms with E-state index in [-0.39, 0.29) is 23.2 Å². The molecule has 3 N–H and O–H groups in total. The fourth-order valence-electron chi connectivity index (χ4n) is 1.93. The van der Waals surface area contributed by atoms with Crippen molar-refractivity contribution in [3.05, 3.63) is 38.3 Å². The van der Waals surface area contributed by atoms with Crippen LogP contribution in [0.15, 0.2) is 22.7 Å². The Morgan fingerprint density at radius 1 is 1.53 bits per heavy atom. The van der Waals surface area contributed by atoms with E-state index < -0.39 is 4.92 Å². The van der Waals surface area contributed by atoms with Crippen molar-refractivity contribution in [2.75, 3.05) is 6.54 Å². The van der Waals surface area contributed by atoms with Crippen LogP contribution in [0.5, 0.6) is 0 Å². The number of amides is 1. The predicted octanol–water partition coefficient (Wildman–Crippen LogP) is 1.82. The zero-order valence-corrected chi connectivity index (χ0v) is 11.7. The molecule has 0 bridgehead atoms. The maximum atomic E-state index is 12.1. The normalized spacial score (nSPS) is 15.9. The van der Waals surface area contributed by atoms with Crippen LogP contribution in [0.4, 0.5) is 5.69 Å². The van der Waals surface area contributed by atoms with E-state index in [2.05, 4.69) is 21.2 Å². The summed E-state index contributed by atoms with van der Waals surface area (Å²) >= 11 is 3.17. The van der Waals surface area contributed by atoms with Crippen molar-refractivity contribution in [1.29, 1.82) is 0 Å². The van der Waals surface area contributed by atoms with E-state index in [1.165, 1.54) is 12.1 Å². The van der Waals surface area contributed by atoms with E-state index in [9.17, 15) is 14.9 Å². The van der Waals surface area contributed by atoms with Gasteiger partial charge in [0.2, 0.25) is 0 Å². The van der Waals surface area contributed by atoms with Gasteiger partial charge < -0.3 is 11.1 Å². The number of carbonyl (C=O) groups is 1. The average Bonchev–Trinajstić information content (AvgIpc) is 3.19. The van der Waals surface area contributed by atoms with Gasteiger partial charge in [-0.05, 0) is 24.8 Å². The first-order valence-corrected chi connectivity index (χ1v) is 6.76. The van der Waals surface area contributed by atoms with E-state index in [1.807, 2.05) is 0 Å². The third-order valence-corrected chi connectivity index (χ3v) is 3.57. The third kappa shape index (κ3) is 3.51. The van der Waals surface area contributed by atoms with Gasteiger partial charge in [-0.2, -0.15) is 0 Å². The molecular formula is C12H14BrN3O3. The van der Waals surface area contributed by atoms with Crippen molar-refractivity contribution in [3.8, 4) is 0 Å². The lowest BCUT2D eigenvalue weighted by molar-refractivity contribution is -0.385. The van der Waals surface area contributed by atoms with Crippen molar-refractivity contribution in [3.63, 3.8) is 0 Å². The van der Waals surface area contributed by atoms with Gasteiger partial charge in [-0.1, -0.05) is 15.9 Å². The molecule has 1 amide bonds. The predicted molar refractivity (Wildman–Crippen MR) is 73.8 cm³/mol. The number of hydrogen-bond acceptors (Lipinski definition) is 4. The molecule has 1 fully saturated rings. The molecule has 6 nitrogen and oxygen atoms in total. The average molecular weight is 328 g/mol. The molecule has 1 atom stereocenters. The second kappa shape index (κ2) is 5.66. The fraction of sp³-hybridized carbons (Fsp3) is 0.417. The molecule has 0 aliphatic heterocycles. The summed E-state index contributed by atoms with van der Waals surface area (Å²) in [7, 11) is 0. The number of rotatable bonds is 5. The summed E-state index contributed by atoms with van der Waals surface area (Å²) in [6.07, 6.45) is 2.14. The van der Waals surface area contributed by atoms with Crippen LogP contribution in [0.25, 0.3) is 0 Å². The molecule has 19 heavy (non-hydrogen) atoms. The first kappa shape index (κ1) is 14.0. The molecule has 0 radical (unpaired) electrons. The highest BCUT2D eigenvalue weighted by atomic mass is 79.9. The van der Waals surface area contributed by atoms with Crippen molar-refractivity contribution in [2.24, 2.45) is 11.7 Å². The smallest absolute Gasteiger partial charge is 0.271 e. The topological polar surface area (TPSA) is 98.3 Å². The maximum absolute atomic E-state index is 12.1. The summed E-state index contributed by atoms with van der Waals surface area (Å²) < 4.78 is 0.502. The summed E-state index contributed by atoms with van der Waals surface area (Å²) in [4.78, 5) is 22.3. The lowest BCUT2D eigenvalue weighted by Gasteiger charge is -2.16. The van der Waals surface area contributed by atoms with Gasteiger partial charge in [0.05, 0.1) is 4.92 Å². The van der Waals surface area contributed by atoms with Crippen LogP contribution >= 0.6 is 15.9 Å². The van der Waals surface area contributed by atoms with Gasteiger partial charge in [0.15, 0.2) is 0 Å². The molecule has 1 saturated carbocycles. The Bertz CT molecular complexity index is 517. The number of nitrogens with zero attached hydrogens (tertiary/aromatic N) is 1. The highest BCUT2D eigenvalue weighted by Gasteiger charge is 2.31. The van der Waals surface area contributed by atoms with Crippen LogP contribution in [0, 0.1) is 16.0 Å². The monoisotopic (exact) mass is 327 g/mol. The molecule has 1 aliphatic rings. The standard InChI is InChI=1S/C12H14BrN3O3/c13-9-3-8(4-10(5-9)16(18)19)12(17)15-11(6-14)7-1-2-7/h3-5,7,11H,1-2,6,14H2,(H,15,17). The van der Waals surface area contributed by atoms with Crippen molar-refractivity contribution < 1.29 is 9.72 Å².